The number of benzene rings is 1. The molecule has 8 heteroatoms. The Bertz CT molecular complexity index is 935. The van der Waals surface area contributed by atoms with E-state index in [1.165, 1.54) is 0 Å². The molecule has 1 aliphatic heterocycles. The number of methoxy groups -OCH3 is 1. The van der Waals surface area contributed by atoms with E-state index < -0.39 is 0 Å². The maximum Gasteiger partial charge on any atom is 0.238 e. The number of ether oxygens (including phenoxy) is 2. The Morgan fingerprint density at radius 2 is 2.25 bits per heavy atom. The van der Waals surface area contributed by atoms with Crippen molar-refractivity contribution in [3.8, 4) is 23.1 Å². The van der Waals surface area contributed by atoms with Gasteiger partial charge in [-0.15, -0.1) is 0 Å². The third-order valence-corrected chi connectivity index (χ3v) is 4.54. The summed E-state index contributed by atoms with van der Waals surface area (Å²) in [6.45, 7) is 0.426. The minimum absolute atomic E-state index is 0.0225. The second kappa shape index (κ2) is 8.16. The summed E-state index contributed by atoms with van der Waals surface area (Å²) >= 11 is 0. The van der Waals surface area contributed by atoms with E-state index in [1.807, 2.05) is 18.2 Å². The molecule has 3 heterocycles. The summed E-state index contributed by atoms with van der Waals surface area (Å²) in [4.78, 5) is 16.5. The van der Waals surface area contributed by atoms with Crippen LogP contribution in [0.25, 0.3) is 11.6 Å². The summed E-state index contributed by atoms with van der Waals surface area (Å²) in [5.41, 5.74) is 1.03. The molecule has 0 bridgehead atoms. The normalized spacial score (nSPS) is 15.5. The molecule has 28 heavy (non-hydrogen) atoms. The van der Waals surface area contributed by atoms with Crippen molar-refractivity contribution in [2.45, 2.75) is 31.7 Å². The Hall–Kier alpha value is -3.29. The summed E-state index contributed by atoms with van der Waals surface area (Å²) in [6.07, 6.45) is 3.79. The fourth-order valence-corrected chi connectivity index (χ4v) is 3.21. The van der Waals surface area contributed by atoms with Crippen molar-refractivity contribution in [1.29, 1.82) is 0 Å². The third-order valence-electron chi connectivity index (χ3n) is 4.54. The number of hydrogen-bond acceptors (Lipinski definition) is 7. The zero-order valence-electron chi connectivity index (χ0n) is 15.5. The SMILES string of the molecule is COc1cccc2c1OCC(NC(=O)CCCc1nc(-c3ccco3)no1)C2. The quantitative estimate of drug-likeness (QED) is 0.670. The molecular weight excluding hydrogens is 362 g/mol. The standard InChI is InChI=1S/C20H21N3O5/c1-25-15-6-2-5-13-11-14(12-27-19(13)15)21-17(24)8-3-9-18-22-20(23-28-18)16-7-4-10-26-16/h2,4-7,10,14H,3,8-9,11-12H2,1H3,(H,21,24). The molecule has 3 aromatic rings. The molecule has 0 saturated heterocycles. The van der Waals surface area contributed by atoms with Gasteiger partial charge in [0.05, 0.1) is 19.4 Å². The molecule has 0 saturated carbocycles. The van der Waals surface area contributed by atoms with Gasteiger partial charge in [0.1, 0.15) is 6.61 Å². The summed E-state index contributed by atoms with van der Waals surface area (Å²) in [7, 11) is 1.62. The van der Waals surface area contributed by atoms with Crippen molar-refractivity contribution in [2.24, 2.45) is 0 Å². The van der Waals surface area contributed by atoms with Crippen LogP contribution in [-0.4, -0.2) is 35.8 Å². The third kappa shape index (κ3) is 4.00. The lowest BCUT2D eigenvalue weighted by Gasteiger charge is -2.27. The van der Waals surface area contributed by atoms with Crippen LogP contribution >= 0.6 is 0 Å². The molecule has 8 nitrogen and oxygen atoms in total. The molecule has 1 unspecified atom stereocenters. The zero-order chi connectivity index (χ0) is 19.3. The summed E-state index contributed by atoms with van der Waals surface area (Å²) < 4.78 is 21.5. The number of aryl methyl sites for hydroxylation is 1. The Labute approximate surface area is 161 Å². The minimum atomic E-state index is -0.0546. The topological polar surface area (TPSA) is 99.6 Å². The molecule has 0 fully saturated rings. The Balaban J connectivity index is 1.24. The highest BCUT2D eigenvalue weighted by molar-refractivity contribution is 5.76. The van der Waals surface area contributed by atoms with Gasteiger partial charge in [-0.2, -0.15) is 4.98 Å². The average Bonchev–Trinajstić information content (AvgIpc) is 3.39. The van der Waals surface area contributed by atoms with E-state index in [0.29, 0.717) is 49.8 Å². The number of carbonyl (C=O) groups is 1. The Morgan fingerprint density at radius 1 is 1.32 bits per heavy atom. The van der Waals surface area contributed by atoms with Gasteiger partial charge < -0.3 is 23.7 Å². The van der Waals surface area contributed by atoms with Crippen molar-refractivity contribution in [2.75, 3.05) is 13.7 Å². The summed E-state index contributed by atoms with van der Waals surface area (Å²) in [6, 6.07) is 9.25. The van der Waals surface area contributed by atoms with Crippen LogP contribution < -0.4 is 14.8 Å². The van der Waals surface area contributed by atoms with Crippen LogP contribution in [0.1, 0.15) is 24.3 Å². The zero-order valence-corrected chi connectivity index (χ0v) is 15.5. The van der Waals surface area contributed by atoms with E-state index >= 15 is 0 Å². The van der Waals surface area contributed by atoms with Crippen LogP contribution in [0.3, 0.4) is 0 Å². The number of amides is 1. The molecular formula is C20H21N3O5. The molecule has 146 valence electrons. The Kier molecular flexibility index (Phi) is 5.27. The number of fused-ring (bicyclic) bond motifs is 1. The number of nitrogens with one attached hydrogen (secondary N) is 1. The maximum absolute atomic E-state index is 12.3. The fourth-order valence-electron chi connectivity index (χ4n) is 3.21. The fraction of sp³-hybridized carbons (Fsp3) is 0.350. The molecule has 0 aliphatic carbocycles. The van der Waals surface area contributed by atoms with Gasteiger partial charge >= 0.3 is 0 Å². The molecule has 2 aromatic heterocycles. The molecule has 1 N–H and O–H groups in total. The monoisotopic (exact) mass is 383 g/mol. The van der Waals surface area contributed by atoms with Gasteiger partial charge in [0, 0.05) is 18.4 Å². The number of furan rings is 1. The predicted molar refractivity (Wildman–Crippen MR) is 99.1 cm³/mol. The van der Waals surface area contributed by atoms with Crippen LogP contribution in [0, 0.1) is 0 Å². The van der Waals surface area contributed by atoms with E-state index in [9.17, 15) is 4.79 Å². The van der Waals surface area contributed by atoms with Gasteiger partial charge in [-0.1, -0.05) is 17.3 Å². The number of carbonyl (C=O) groups excluding carboxylic acids is 1. The first-order chi connectivity index (χ1) is 13.7. The highest BCUT2D eigenvalue weighted by Crippen LogP contribution is 2.34. The van der Waals surface area contributed by atoms with Crippen molar-refractivity contribution in [3.05, 3.63) is 48.0 Å². The van der Waals surface area contributed by atoms with E-state index in [-0.39, 0.29) is 11.9 Å². The molecule has 0 radical (unpaired) electrons. The van der Waals surface area contributed by atoms with E-state index in [1.54, 1.807) is 25.5 Å². The van der Waals surface area contributed by atoms with Gasteiger partial charge in [0.2, 0.25) is 17.6 Å². The number of rotatable bonds is 7. The van der Waals surface area contributed by atoms with Crippen molar-refractivity contribution >= 4 is 5.91 Å². The average molecular weight is 383 g/mol. The molecule has 1 atom stereocenters. The highest BCUT2D eigenvalue weighted by Gasteiger charge is 2.23. The highest BCUT2D eigenvalue weighted by atomic mass is 16.5. The predicted octanol–water partition coefficient (Wildman–Crippen LogP) is 2.78. The van der Waals surface area contributed by atoms with E-state index in [4.69, 9.17) is 18.4 Å². The van der Waals surface area contributed by atoms with Crippen LogP contribution in [0.15, 0.2) is 45.5 Å². The van der Waals surface area contributed by atoms with Crippen molar-refractivity contribution in [1.82, 2.24) is 15.5 Å². The van der Waals surface area contributed by atoms with Crippen LogP contribution in [0.5, 0.6) is 11.5 Å². The van der Waals surface area contributed by atoms with Crippen LogP contribution in [0.4, 0.5) is 0 Å². The molecule has 0 spiro atoms. The van der Waals surface area contributed by atoms with Crippen molar-refractivity contribution in [3.63, 3.8) is 0 Å². The van der Waals surface area contributed by atoms with Gasteiger partial charge in [0.15, 0.2) is 17.3 Å². The summed E-state index contributed by atoms with van der Waals surface area (Å²) in [5.74, 6) is 2.92. The maximum atomic E-state index is 12.3. The van der Waals surface area contributed by atoms with Gasteiger partial charge in [-0.05, 0) is 31.0 Å². The second-order valence-corrected chi connectivity index (χ2v) is 6.57. The van der Waals surface area contributed by atoms with Crippen LogP contribution in [-0.2, 0) is 17.6 Å². The van der Waals surface area contributed by atoms with Gasteiger partial charge in [-0.3, -0.25) is 4.79 Å². The number of nitrogens with zero attached hydrogens (tertiary/aromatic N) is 2. The first kappa shape index (κ1) is 18.1. The van der Waals surface area contributed by atoms with E-state index in [0.717, 1.165) is 17.1 Å². The number of aromatic nitrogens is 2. The van der Waals surface area contributed by atoms with E-state index in [2.05, 4.69) is 15.5 Å². The lowest BCUT2D eigenvalue weighted by Crippen LogP contribution is -2.42. The molecule has 1 aromatic carbocycles. The molecule has 1 aliphatic rings. The number of hydrogen-bond donors (Lipinski definition) is 1. The van der Waals surface area contributed by atoms with Gasteiger partial charge in [0.25, 0.3) is 0 Å². The lowest BCUT2D eigenvalue weighted by molar-refractivity contribution is -0.122. The van der Waals surface area contributed by atoms with Gasteiger partial charge in [-0.25, -0.2) is 0 Å². The largest absolute Gasteiger partial charge is 0.493 e. The summed E-state index contributed by atoms with van der Waals surface area (Å²) in [5, 5.41) is 6.90. The first-order valence-electron chi connectivity index (χ1n) is 9.17. The van der Waals surface area contributed by atoms with Crippen LogP contribution in [0.2, 0.25) is 0 Å². The molecule has 4 rings (SSSR count). The lowest BCUT2D eigenvalue weighted by atomic mass is 10.0. The van der Waals surface area contributed by atoms with Crippen molar-refractivity contribution < 1.29 is 23.2 Å². The smallest absolute Gasteiger partial charge is 0.238 e. The minimum Gasteiger partial charge on any atom is -0.493 e. The second-order valence-electron chi connectivity index (χ2n) is 6.57. The number of para-hydroxylation sites is 1. The first-order valence-corrected chi connectivity index (χ1v) is 9.17. The Morgan fingerprint density at radius 3 is 3.07 bits per heavy atom. The molecule has 1 amide bonds.